The zero-order valence-corrected chi connectivity index (χ0v) is 20.5. The van der Waals surface area contributed by atoms with E-state index in [2.05, 4.69) is 50.3 Å². The Kier molecular flexibility index (Phi) is 6.70. The number of benzene rings is 2. The van der Waals surface area contributed by atoms with Crippen LogP contribution in [0.15, 0.2) is 36.5 Å². The number of anilines is 4. The Morgan fingerprint density at radius 3 is 2.61 bits per heavy atom. The first-order valence-corrected chi connectivity index (χ1v) is 12.3. The van der Waals surface area contributed by atoms with Gasteiger partial charge >= 0.3 is 0 Å². The van der Waals surface area contributed by atoms with Crippen molar-refractivity contribution in [2.24, 2.45) is 0 Å². The van der Waals surface area contributed by atoms with Crippen molar-refractivity contribution in [3.63, 3.8) is 0 Å². The minimum absolute atomic E-state index is 0.0291. The van der Waals surface area contributed by atoms with Crippen LogP contribution in [0.25, 0.3) is 11.3 Å². The first-order chi connectivity index (χ1) is 17.4. The Hall–Kier alpha value is -3.77. The van der Waals surface area contributed by atoms with Gasteiger partial charge in [-0.25, -0.2) is 18.7 Å². The van der Waals surface area contributed by atoms with E-state index in [4.69, 9.17) is 0 Å². The van der Waals surface area contributed by atoms with Gasteiger partial charge in [-0.1, -0.05) is 0 Å². The van der Waals surface area contributed by atoms with Crippen LogP contribution in [0.4, 0.5) is 31.8 Å². The summed E-state index contributed by atoms with van der Waals surface area (Å²) in [5, 5.41) is 16.1. The van der Waals surface area contributed by atoms with Crippen LogP contribution in [0.5, 0.6) is 0 Å². The summed E-state index contributed by atoms with van der Waals surface area (Å²) in [6.07, 6.45) is 2.63. The number of piperazine rings is 1. The Morgan fingerprint density at radius 2 is 1.86 bits per heavy atom. The fourth-order valence-electron chi connectivity index (χ4n) is 4.99. The second-order valence-corrected chi connectivity index (χ2v) is 9.44. The molecule has 9 heteroatoms. The second kappa shape index (κ2) is 10.1. The lowest BCUT2D eigenvalue weighted by Crippen LogP contribution is -2.43. The topological polar surface area (TPSA) is 80.1 Å². The molecule has 2 aromatic carbocycles. The molecule has 3 heterocycles. The van der Waals surface area contributed by atoms with Crippen molar-refractivity contribution in [2.45, 2.75) is 32.7 Å². The first-order valence-electron chi connectivity index (χ1n) is 12.3. The molecule has 0 saturated carbocycles. The summed E-state index contributed by atoms with van der Waals surface area (Å²) in [5.41, 5.74) is 3.89. The van der Waals surface area contributed by atoms with Gasteiger partial charge < -0.3 is 20.4 Å². The first kappa shape index (κ1) is 23.9. The SMILES string of the molecule is CC(C)N1CCCc2c(F)cc(-c3nc(Nc4ccc(N5CCNCC5)c(C#N)c4)ncc3F)cc21. The van der Waals surface area contributed by atoms with Crippen LogP contribution in [0, 0.1) is 23.0 Å². The summed E-state index contributed by atoms with van der Waals surface area (Å²) in [4.78, 5) is 12.8. The second-order valence-electron chi connectivity index (χ2n) is 9.44. The van der Waals surface area contributed by atoms with Gasteiger partial charge in [0.15, 0.2) is 5.82 Å². The number of fused-ring (bicyclic) bond motifs is 1. The van der Waals surface area contributed by atoms with Crippen molar-refractivity contribution in [3.05, 3.63) is 59.3 Å². The molecule has 0 atom stereocenters. The summed E-state index contributed by atoms with van der Waals surface area (Å²) < 4.78 is 29.9. The molecule has 186 valence electrons. The van der Waals surface area contributed by atoms with Crippen molar-refractivity contribution >= 4 is 23.0 Å². The third kappa shape index (κ3) is 4.69. The molecule has 3 aromatic rings. The molecule has 0 unspecified atom stereocenters. The van der Waals surface area contributed by atoms with E-state index in [9.17, 15) is 9.65 Å². The Balaban J connectivity index is 1.45. The van der Waals surface area contributed by atoms with Crippen LogP contribution < -0.4 is 20.4 Å². The number of hydrogen-bond donors (Lipinski definition) is 2. The fraction of sp³-hybridized carbons (Fsp3) is 0.370. The lowest BCUT2D eigenvalue weighted by Gasteiger charge is -2.35. The molecule has 2 aliphatic rings. The van der Waals surface area contributed by atoms with Gasteiger partial charge in [0, 0.05) is 61.3 Å². The molecule has 5 rings (SSSR count). The molecule has 0 amide bonds. The highest BCUT2D eigenvalue weighted by atomic mass is 19.1. The van der Waals surface area contributed by atoms with E-state index in [0.717, 1.165) is 56.7 Å². The zero-order chi connectivity index (χ0) is 25.2. The highest BCUT2D eigenvalue weighted by Gasteiger charge is 2.24. The molecule has 1 saturated heterocycles. The zero-order valence-electron chi connectivity index (χ0n) is 20.5. The number of rotatable bonds is 5. The van der Waals surface area contributed by atoms with Crippen LogP contribution in [0.2, 0.25) is 0 Å². The Morgan fingerprint density at radius 1 is 1.06 bits per heavy atom. The third-order valence-electron chi connectivity index (χ3n) is 6.78. The molecular formula is C27H29F2N7. The lowest BCUT2D eigenvalue weighted by molar-refractivity contribution is 0.572. The molecular weight excluding hydrogens is 460 g/mol. The summed E-state index contributed by atoms with van der Waals surface area (Å²) >= 11 is 0. The lowest BCUT2D eigenvalue weighted by atomic mass is 9.96. The van der Waals surface area contributed by atoms with Crippen LogP contribution in [-0.4, -0.2) is 48.7 Å². The molecule has 2 aliphatic heterocycles. The van der Waals surface area contributed by atoms with Crippen molar-refractivity contribution in [1.29, 1.82) is 5.26 Å². The molecule has 0 bridgehead atoms. The molecule has 7 nitrogen and oxygen atoms in total. The summed E-state index contributed by atoms with van der Waals surface area (Å²) in [7, 11) is 0. The molecule has 0 spiro atoms. The van der Waals surface area contributed by atoms with Gasteiger partial charge in [-0.05, 0) is 57.0 Å². The van der Waals surface area contributed by atoms with Crippen LogP contribution in [-0.2, 0) is 6.42 Å². The van der Waals surface area contributed by atoms with E-state index < -0.39 is 5.82 Å². The largest absolute Gasteiger partial charge is 0.369 e. The standard InChI is InChI=1S/C27H29F2N7/c1-17(2)36-9-3-4-21-22(28)13-18(14-25(21)36)26-23(29)16-32-27(34-26)33-20-5-6-24(19(12-20)15-30)35-10-7-31-8-11-35/h5-6,12-14,16-17,31H,3-4,7-11H2,1-2H3,(H,32,33,34). The Bertz CT molecular complexity index is 1310. The van der Waals surface area contributed by atoms with Crippen LogP contribution in [0.1, 0.15) is 31.4 Å². The average Bonchev–Trinajstić information content (AvgIpc) is 2.89. The molecule has 0 aliphatic carbocycles. The Labute approximate surface area is 209 Å². The van der Waals surface area contributed by atoms with Gasteiger partial charge in [-0.2, -0.15) is 5.26 Å². The van der Waals surface area contributed by atoms with Crippen molar-refractivity contribution in [1.82, 2.24) is 15.3 Å². The molecule has 1 aromatic heterocycles. The van der Waals surface area contributed by atoms with Gasteiger partial charge in [0.05, 0.1) is 17.4 Å². The van der Waals surface area contributed by atoms with Gasteiger partial charge in [0.2, 0.25) is 5.95 Å². The van der Waals surface area contributed by atoms with Gasteiger partial charge in [0.25, 0.3) is 0 Å². The number of hydrogen-bond acceptors (Lipinski definition) is 7. The maximum Gasteiger partial charge on any atom is 0.227 e. The van der Waals surface area contributed by atoms with E-state index in [1.807, 2.05) is 18.2 Å². The normalized spacial score (nSPS) is 15.6. The van der Waals surface area contributed by atoms with Crippen molar-refractivity contribution in [2.75, 3.05) is 47.8 Å². The predicted molar refractivity (Wildman–Crippen MR) is 138 cm³/mol. The minimum atomic E-state index is -0.626. The molecule has 0 radical (unpaired) electrons. The number of nitrogens with zero attached hydrogens (tertiary/aromatic N) is 5. The van der Waals surface area contributed by atoms with E-state index in [1.165, 1.54) is 6.07 Å². The highest BCUT2D eigenvalue weighted by molar-refractivity contribution is 5.72. The maximum absolute atomic E-state index is 15.1. The average molecular weight is 490 g/mol. The number of nitriles is 1. The highest BCUT2D eigenvalue weighted by Crippen LogP contribution is 2.36. The van der Waals surface area contributed by atoms with Crippen molar-refractivity contribution in [3.8, 4) is 17.3 Å². The molecule has 1 fully saturated rings. The van der Waals surface area contributed by atoms with E-state index in [-0.39, 0.29) is 23.5 Å². The smallest absolute Gasteiger partial charge is 0.227 e. The fourth-order valence-corrected chi connectivity index (χ4v) is 4.99. The number of halogens is 2. The van der Waals surface area contributed by atoms with Crippen LogP contribution >= 0.6 is 0 Å². The van der Waals surface area contributed by atoms with Crippen molar-refractivity contribution < 1.29 is 8.78 Å². The third-order valence-corrected chi connectivity index (χ3v) is 6.78. The van der Waals surface area contributed by atoms with E-state index in [0.29, 0.717) is 28.8 Å². The molecule has 36 heavy (non-hydrogen) atoms. The van der Waals surface area contributed by atoms with Gasteiger partial charge in [-0.15, -0.1) is 0 Å². The van der Waals surface area contributed by atoms with Gasteiger partial charge in [0.1, 0.15) is 17.6 Å². The van der Waals surface area contributed by atoms with E-state index in [1.54, 1.807) is 6.07 Å². The molecule has 2 N–H and O–H groups in total. The minimum Gasteiger partial charge on any atom is -0.369 e. The summed E-state index contributed by atoms with van der Waals surface area (Å²) in [6, 6.07) is 11.1. The number of aromatic nitrogens is 2. The van der Waals surface area contributed by atoms with Crippen LogP contribution in [0.3, 0.4) is 0 Å². The van der Waals surface area contributed by atoms with E-state index >= 15 is 4.39 Å². The number of nitrogens with one attached hydrogen (secondary N) is 2. The maximum atomic E-state index is 15.1. The quantitative estimate of drug-likeness (QED) is 0.542. The summed E-state index contributed by atoms with van der Waals surface area (Å²) in [5.74, 6) is -0.801. The monoisotopic (exact) mass is 489 g/mol. The summed E-state index contributed by atoms with van der Waals surface area (Å²) in [6.45, 7) is 8.36. The van der Waals surface area contributed by atoms with Gasteiger partial charge in [-0.3, -0.25) is 0 Å². The predicted octanol–water partition coefficient (Wildman–Crippen LogP) is 4.61.